The maximum absolute atomic E-state index is 5.62. The maximum Gasteiger partial charge on any atom is 0.169 e. The van der Waals surface area contributed by atoms with Crippen LogP contribution in [0.15, 0.2) is 0 Å². The summed E-state index contributed by atoms with van der Waals surface area (Å²) in [5.41, 5.74) is 0. The van der Waals surface area contributed by atoms with E-state index in [0.717, 1.165) is 24.7 Å². The van der Waals surface area contributed by atoms with E-state index in [2.05, 4.69) is 43.1 Å². The minimum atomic E-state index is 0.607. The maximum atomic E-state index is 5.62. The third-order valence-electron chi connectivity index (χ3n) is 3.62. The van der Waals surface area contributed by atoms with Crippen LogP contribution in [0.2, 0.25) is 0 Å². The Labute approximate surface area is 124 Å². The zero-order valence-corrected chi connectivity index (χ0v) is 13.9. The Morgan fingerprint density at radius 2 is 1.79 bits per heavy atom. The second kappa shape index (κ2) is 8.75. The second-order valence-electron chi connectivity index (χ2n) is 6.43. The fourth-order valence-corrected chi connectivity index (χ4v) is 2.88. The van der Waals surface area contributed by atoms with Crippen LogP contribution in [0.4, 0.5) is 0 Å². The molecule has 112 valence electrons. The number of hydrogen-bond acceptors (Lipinski definition) is 2. The van der Waals surface area contributed by atoms with Crippen LogP contribution < -0.4 is 5.32 Å². The van der Waals surface area contributed by atoms with Gasteiger partial charge in [0.05, 0.1) is 0 Å². The van der Waals surface area contributed by atoms with Crippen molar-refractivity contribution in [3.8, 4) is 0 Å². The lowest BCUT2D eigenvalue weighted by atomic mass is 9.96. The average molecular weight is 286 g/mol. The fourth-order valence-electron chi connectivity index (χ4n) is 2.55. The molecule has 1 N–H and O–H groups in total. The lowest BCUT2D eigenvalue weighted by molar-refractivity contribution is 0.298. The third-order valence-corrected chi connectivity index (χ3v) is 4.00. The lowest BCUT2D eigenvalue weighted by Gasteiger charge is -2.32. The number of likely N-dealkylation sites (N-methyl/N-ethyl adjacent to an activating group) is 1. The van der Waals surface area contributed by atoms with E-state index in [9.17, 15) is 0 Å². The number of nitrogens with zero attached hydrogens (tertiary/aromatic N) is 2. The van der Waals surface area contributed by atoms with Gasteiger partial charge < -0.3 is 15.1 Å². The summed E-state index contributed by atoms with van der Waals surface area (Å²) in [7, 11) is 4.23. The second-order valence-corrected chi connectivity index (χ2v) is 6.81. The number of hydrogen-bond donors (Lipinski definition) is 1. The minimum absolute atomic E-state index is 0.607. The normalized spacial score (nSPS) is 16.9. The summed E-state index contributed by atoms with van der Waals surface area (Å²) in [5.74, 6) is 0.647. The highest BCUT2D eigenvalue weighted by atomic mass is 32.1. The molecule has 1 fully saturated rings. The van der Waals surface area contributed by atoms with E-state index in [-0.39, 0.29) is 0 Å². The predicted octanol–water partition coefficient (Wildman–Crippen LogP) is 2.71. The van der Waals surface area contributed by atoms with Gasteiger partial charge in [-0.2, -0.15) is 0 Å². The first kappa shape index (κ1) is 16.7. The van der Waals surface area contributed by atoms with Crippen molar-refractivity contribution in [2.45, 2.75) is 52.0 Å². The van der Waals surface area contributed by atoms with Crippen LogP contribution in [0.3, 0.4) is 0 Å². The first-order chi connectivity index (χ1) is 8.99. The van der Waals surface area contributed by atoms with Crippen LogP contribution in [0.1, 0.15) is 46.0 Å². The molecule has 0 heterocycles. The van der Waals surface area contributed by atoms with Gasteiger partial charge in [0, 0.05) is 25.7 Å². The van der Waals surface area contributed by atoms with Crippen LogP contribution in [-0.4, -0.2) is 54.7 Å². The average Bonchev–Trinajstić information content (AvgIpc) is 2.35. The molecule has 0 radical (unpaired) electrons. The molecule has 0 aromatic carbocycles. The zero-order valence-electron chi connectivity index (χ0n) is 13.1. The van der Waals surface area contributed by atoms with Crippen molar-refractivity contribution in [1.82, 2.24) is 15.1 Å². The smallest absolute Gasteiger partial charge is 0.169 e. The molecule has 1 aliphatic rings. The molecule has 1 aliphatic carbocycles. The van der Waals surface area contributed by atoms with Gasteiger partial charge in [-0.25, -0.2) is 0 Å². The summed E-state index contributed by atoms with van der Waals surface area (Å²) in [4.78, 5) is 4.56. The molecule has 0 aromatic heterocycles. The lowest BCUT2D eigenvalue weighted by Crippen LogP contribution is -2.48. The van der Waals surface area contributed by atoms with E-state index in [4.69, 9.17) is 12.2 Å². The highest BCUT2D eigenvalue weighted by Crippen LogP contribution is 2.17. The summed E-state index contributed by atoms with van der Waals surface area (Å²) in [6.07, 6.45) is 6.65. The molecule has 1 saturated carbocycles. The van der Waals surface area contributed by atoms with Gasteiger partial charge in [-0.05, 0) is 45.1 Å². The Bertz CT molecular complexity index is 260. The Balaban J connectivity index is 2.44. The van der Waals surface area contributed by atoms with Crippen molar-refractivity contribution < 1.29 is 0 Å². The van der Waals surface area contributed by atoms with Crippen LogP contribution in [0, 0.1) is 5.92 Å². The largest absolute Gasteiger partial charge is 0.360 e. The van der Waals surface area contributed by atoms with Gasteiger partial charge in [-0.15, -0.1) is 0 Å². The molecule has 19 heavy (non-hydrogen) atoms. The number of nitrogens with one attached hydrogen (secondary N) is 1. The van der Waals surface area contributed by atoms with Gasteiger partial charge in [-0.1, -0.05) is 33.1 Å². The van der Waals surface area contributed by atoms with E-state index in [0.29, 0.717) is 12.0 Å². The highest BCUT2D eigenvalue weighted by Gasteiger charge is 2.17. The molecule has 0 aromatic rings. The molecule has 0 amide bonds. The van der Waals surface area contributed by atoms with Gasteiger partial charge in [-0.3, -0.25) is 0 Å². The summed E-state index contributed by atoms with van der Waals surface area (Å²) < 4.78 is 0. The highest BCUT2D eigenvalue weighted by molar-refractivity contribution is 7.80. The van der Waals surface area contributed by atoms with Crippen molar-refractivity contribution in [3.63, 3.8) is 0 Å². The van der Waals surface area contributed by atoms with Gasteiger partial charge in [0.1, 0.15) is 0 Å². The first-order valence-corrected chi connectivity index (χ1v) is 8.10. The van der Waals surface area contributed by atoms with E-state index >= 15 is 0 Å². The van der Waals surface area contributed by atoms with Crippen LogP contribution >= 0.6 is 12.2 Å². The molecule has 0 saturated heterocycles. The minimum Gasteiger partial charge on any atom is -0.360 e. The van der Waals surface area contributed by atoms with Gasteiger partial charge in [0.15, 0.2) is 5.11 Å². The summed E-state index contributed by atoms with van der Waals surface area (Å²) in [6.45, 7) is 7.63. The van der Waals surface area contributed by atoms with Crippen LogP contribution in [0.25, 0.3) is 0 Å². The number of thiocarbonyl (C=S) groups is 1. The monoisotopic (exact) mass is 285 g/mol. The van der Waals surface area contributed by atoms with E-state index < -0.39 is 0 Å². The van der Waals surface area contributed by atoms with Gasteiger partial charge in [0.2, 0.25) is 0 Å². The predicted molar refractivity (Wildman–Crippen MR) is 87.6 cm³/mol. The molecule has 0 bridgehead atoms. The van der Waals surface area contributed by atoms with Gasteiger partial charge >= 0.3 is 0 Å². The van der Waals surface area contributed by atoms with Crippen molar-refractivity contribution in [2.24, 2.45) is 5.92 Å². The molecule has 0 atom stereocenters. The SMILES string of the molecule is CC(C)CN(CCN(C)C)C(=S)NC1CCCCC1. The Morgan fingerprint density at radius 1 is 1.16 bits per heavy atom. The summed E-state index contributed by atoms with van der Waals surface area (Å²) in [6, 6.07) is 0.607. The van der Waals surface area contributed by atoms with E-state index in [1.165, 1.54) is 32.1 Å². The van der Waals surface area contributed by atoms with Crippen molar-refractivity contribution >= 4 is 17.3 Å². The quantitative estimate of drug-likeness (QED) is 0.756. The standard InChI is InChI=1S/C15H31N3S/c1-13(2)12-18(11-10-17(3)4)15(19)16-14-8-6-5-7-9-14/h13-14H,5-12H2,1-4H3,(H,16,19). The van der Waals surface area contributed by atoms with E-state index in [1.807, 2.05) is 0 Å². The molecule has 0 aliphatic heterocycles. The zero-order chi connectivity index (χ0) is 14.3. The molecular formula is C15H31N3S. The number of rotatable bonds is 6. The van der Waals surface area contributed by atoms with Crippen molar-refractivity contribution in [1.29, 1.82) is 0 Å². The molecule has 3 nitrogen and oxygen atoms in total. The molecule has 0 unspecified atom stereocenters. The fraction of sp³-hybridized carbons (Fsp3) is 0.933. The Hall–Kier alpha value is -0.350. The van der Waals surface area contributed by atoms with E-state index in [1.54, 1.807) is 0 Å². The molecule has 1 rings (SSSR count). The van der Waals surface area contributed by atoms with Crippen molar-refractivity contribution in [3.05, 3.63) is 0 Å². The summed E-state index contributed by atoms with van der Waals surface area (Å²) >= 11 is 5.62. The molecular weight excluding hydrogens is 254 g/mol. The Morgan fingerprint density at radius 3 is 2.32 bits per heavy atom. The topological polar surface area (TPSA) is 18.5 Å². The van der Waals surface area contributed by atoms with Gasteiger partial charge in [0.25, 0.3) is 0 Å². The molecule has 0 spiro atoms. The van der Waals surface area contributed by atoms with Crippen LogP contribution in [0.5, 0.6) is 0 Å². The molecule has 4 heteroatoms. The first-order valence-electron chi connectivity index (χ1n) is 7.69. The summed E-state index contributed by atoms with van der Waals surface area (Å²) in [5, 5.41) is 4.55. The van der Waals surface area contributed by atoms with Crippen molar-refractivity contribution in [2.75, 3.05) is 33.7 Å². The Kier molecular flexibility index (Phi) is 7.69. The third kappa shape index (κ3) is 7.11. The van der Waals surface area contributed by atoms with Crippen LogP contribution in [-0.2, 0) is 0 Å².